The number of fused-ring (bicyclic) bond motifs is 1. The third-order valence-corrected chi connectivity index (χ3v) is 5.62. The summed E-state index contributed by atoms with van der Waals surface area (Å²) in [6, 6.07) is 9.37. The van der Waals surface area contributed by atoms with Crippen molar-refractivity contribution in [2.45, 2.75) is 18.1 Å². The number of aromatic nitrogens is 6. The van der Waals surface area contributed by atoms with E-state index in [0.717, 1.165) is 5.39 Å². The number of nitriles is 1. The van der Waals surface area contributed by atoms with Gasteiger partial charge in [-0.2, -0.15) is 23.5 Å². The normalized spacial score (nSPS) is 15.8. The second kappa shape index (κ2) is 7.90. The SMILES string of the molecule is N#CCC1(n2ccc(-c3nc(-c4cncnc4)cc4ncccc34)n2)CN(CC(F)(F)F)C1. The Bertz CT molecular complexity index is 1340. The zero-order valence-corrected chi connectivity index (χ0v) is 17.2. The van der Waals surface area contributed by atoms with Crippen LogP contribution >= 0.6 is 0 Å². The molecular formula is C22H17F3N8. The van der Waals surface area contributed by atoms with Crippen molar-refractivity contribution in [2.75, 3.05) is 19.6 Å². The number of alkyl halides is 3. The Labute approximate surface area is 186 Å². The Kier molecular flexibility index (Phi) is 5.02. The molecule has 1 saturated heterocycles. The highest BCUT2D eigenvalue weighted by Crippen LogP contribution is 2.36. The van der Waals surface area contributed by atoms with E-state index in [9.17, 15) is 18.4 Å². The average Bonchev–Trinajstić information content (AvgIpc) is 3.27. The lowest BCUT2D eigenvalue weighted by Crippen LogP contribution is -2.64. The third kappa shape index (κ3) is 4.01. The quantitative estimate of drug-likeness (QED) is 0.460. The van der Waals surface area contributed by atoms with Crippen LogP contribution in [0.5, 0.6) is 0 Å². The van der Waals surface area contributed by atoms with Crippen LogP contribution in [0.1, 0.15) is 6.42 Å². The van der Waals surface area contributed by atoms with Crippen molar-refractivity contribution in [3.63, 3.8) is 0 Å². The maximum Gasteiger partial charge on any atom is 0.401 e. The van der Waals surface area contributed by atoms with Crippen molar-refractivity contribution >= 4 is 10.9 Å². The molecule has 4 aromatic rings. The van der Waals surface area contributed by atoms with Gasteiger partial charge in [0.25, 0.3) is 0 Å². The van der Waals surface area contributed by atoms with Crippen molar-refractivity contribution in [3.8, 4) is 28.7 Å². The van der Waals surface area contributed by atoms with Crippen LogP contribution in [0.4, 0.5) is 13.2 Å². The van der Waals surface area contributed by atoms with Crippen LogP contribution in [0.15, 0.2) is 55.4 Å². The number of hydrogen-bond donors (Lipinski definition) is 0. The first-order chi connectivity index (χ1) is 15.9. The van der Waals surface area contributed by atoms with Crippen molar-refractivity contribution in [1.82, 2.24) is 34.6 Å². The Hall–Kier alpha value is -3.91. The molecular weight excluding hydrogens is 433 g/mol. The average molecular weight is 450 g/mol. The third-order valence-electron chi connectivity index (χ3n) is 5.62. The van der Waals surface area contributed by atoms with E-state index in [-0.39, 0.29) is 19.5 Å². The maximum absolute atomic E-state index is 12.8. The van der Waals surface area contributed by atoms with Gasteiger partial charge in [0.2, 0.25) is 0 Å². The largest absolute Gasteiger partial charge is 0.401 e. The number of rotatable bonds is 5. The number of halogens is 3. The molecule has 0 bridgehead atoms. The Balaban J connectivity index is 1.53. The summed E-state index contributed by atoms with van der Waals surface area (Å²) in [4.78, 5) is 18.6. The molecule has 0 amide bonds. The number of pyridine rings is 2. The van der Waals surface area contributed by atoms with E-state index in [0.29, 0.717) is 28.2 Å². The summed E-state index contributed by atoms with van der Waals surface area (Å²) in [6.45, 7) is -0.815. The molecule has 1 fully saturated rings. The fourth-order valence-electron chi connectivity index (χ4n) is 4.20. The van der Waals surface area contributed by atoms with Gasteiger partial charge in [0, 0.05) is 48.8 Å². The summed E-state index contributed by atoms with van der Waals surface area (Å²) >= 11 is 0. The molecule has 5 rings (SSSR count). The highest BCUT2D eigenvalue weighted by Gasteiger charge is 2.48. The lowest BCUT2D eigenvalue weighted by atomic mass is 9.87. The van der Waals surface area contributed by atoms with Gasteiger partial charge in [0.05, 0.1) is 30.2 Å². The molecule has 0 N–H and O–H groups in total. The second-order valence-electron chi connectivity index (χ2n) is 8.02. The molecule has 4 aromatic heterocycles. The standard InChI is InChI=1S/C22H17F3N8/c23-22(24,25)13-32-11-21(12-32,4-5-26)33-7-3-17(31-33)20-16-2-1-6-29-19(16)8-18(30-20)15-9-27-14-28-10-15/h1-3,6-10,14H,4,11-13H2. The molecule has 1 aliphatic rings. The van der Waals surface area contributed by atoms with E-state index in [1.807, 2.05) is 12.1 Å². The zero-order valence-electron chi connectivity index (χ0n) is 17.2. The van der Waals surface area contributed by atoms with Crippen LogP contribution in [0.25, 0.3) is 33.5 Å². The van der Waals surface area contributed by atoms with E-state index in [1.165, 1.54) is 11.2 Å². The van der Waals surface area contributed by atoms with Gasteiger partial charge in [-0.05, 0) is 24.3 Å². The molecule has 0 aliphatic carbocycles. The van der Waals surface area contributed by atoms with Gasteiger partial charge in [-0.25, -0.2) is 15.0 Å². The van der Waals surface area contributed by atoms with Crippen LogP contribution in [-0.4, -0.2) is 60.4 Å². The summed E-state index contributed by atoms with van der Waals surface area (Å²) in [7, 11) is 0. The molecule has 8 nitrogen and oxygen atoms in total. The first-order valence-corrected chi connectivity index (χ1v) is 10.1. The van der Waals surface area contributed by atoms with E-state index in [4.69, 9.17) is 4.98 Å². The minimum Gasteiger partial charge on any atom is -0.290 e. The smallest absolute Gasteiger partial charge is 0.290 e. The minimum absolute atomic E-state index is 0.0552. The molecule has 0 atom stereocenters. The van der Waals surface area contributed by atoms with Gasteiger partial charge in [-0.15, -0.1) is 0 Å². The molecule has 0 spiro atoms. The highest BCUT2D eigenvalue weighted by molar-refractivity contribution is 5.93. The van der Waals surface area contributed by atoms with E-state index >= 15 is 0 Å². The highest BCUT2D eigenvalue weighted by atomic mass is 19.4. The van der Waals surface area contributed by atoms with Crippen LogP contribution in [0, 0.1) is 11.3 Å². The number of nitrogens with zero attached hydrogens (tertiary/aromatic N) is 8. The topological polar surface area (TPSA) is 96.4 Å². The molecule has 0 unspecified atom stereocenters. The molecule has 0 radical (unpaired) electrons. The van der Waals surface area contributed by atoms with Gasteiger partial charge in [-0.3, -0.25) is 14.6 Å². The summed E-state index contributed by atoms with van der Waals surface area (Å²) < 4.78 is 39.9. The summed E-state index contributed by atoms with van der Waals surface area (Å²) in [5.74, 6) is 0. The van der Waals surface area contributed by atoms with E-state index in [2.05, 4.69) is 26.1 Å². The van der Waals surface area contributed by atoms with Gasteiger partial charge in [0.1, 0.15) is 23.3 Å². The predicted molar refractivity (Wildman–Crippen MR) is 112 cm³/mol. The van der Waals surface area contributed by atoms with E-state index < -0.39 is 18.3 Å². The second-order valence-corrected chi connectivity index (χ2v) is 8.02. The van der Waals surface area contributed by atoms with Crippen LogP contribution in [0.2, 0.25) is 0 Å². The summed E-state index contributed by atoms with van der Waals surface area (Å²) in [5, 5.41) is 14.7. The summed E-state index contributed by atoms with van der Waals surface area (Å²) in [5.41, 5.74) is 2.36. The van der Waals surface area contributed by atoms with Crippen LogP contribution in [-0.2, 0) is 5.54 Å². The van der Waals surface area contributed by atoms with E-state index in [1.54, 1.807) is 41.6 Å². The van der Waals surface area contributed by atoms with Gasteiger partial charge in [0.15, 0.2) is 0 Å². The molecule has 0 saturated carbocycles. The molecule has 5 heterocycles. The zero-order chi connectivity index (χ0) is 23.1. The van der Waals surface area contributed by atoms with Crippen molar-refractivity contribution in [3.05, 3.63) is 55.4 Å². The van der Waals surface area contributed by atoms with Crippen molar-refractivity contribution in [2.24, 2.45) is 0 Å². The first-order valence-electron chi connectivity index (χ1n) is 10.1. The van der Waals surface area contributed by atoms with Crippen LogP contribution < -0.4 is 0 Å². The fraction of sp³-hybridized carbons (Fsp3) is 0.273. The first kappa shape index (κ1) is 21.0. The maximum atomic E-state index is 12.8. The Morgan fingerprint density at radius 3 is 2.64 bits per heavy atom. The van der Waals surface area contributed by atoms with Gasteiger partial charge < -0.3 is 0 Å². The molecule has 0 aromatic carbocycles. The Morgan fingerprint density at radius 1 is 1.12 bits per heavy atom. The van der Waals surface area contributed by atoms with Crippen molar-refractivity contribution in [1.29, 1.82) is 5.26 Å². The van der Waals surface area contributed by atoms with Crippen LogP contribution in [0.3, 0.4) is 0 Å². The van der Waals surface area contributed by atoms with Gasteiger partial charge >= 0.3 is 6.18 Å². The predicted octanol–water partition coefficient (Wildman–Crippen LogP) is 3.44. The minimum atomic E-state index is -4.29. The number of likely N-dealkylation sites (tertiary alicyclic amines) is 1. The summed E-state index contributed by atoms with van der Waals surface area (Å²) in [6.07, 6.45) is 3.88. The monoisotopic (exact) mass is 450 g/mol. The molecule has 33 heavy (non-hydrogen) atoms. The fourth-order valence-corrected chi connectivity index (χ4v) is 4.20. The number of hydrogen-bond acceptors (Lipinski definition) is 7. The lowest BCUT2D eigenvalue weighted by Gasteiger charge is -2.49. The lowest BCUT2D eigenvalue weighted by molar-refractivity contribution is -0.167. The molecule has 1 aliphatic heterocycles. The molecule has 11 heteroatoms. The molecule has 166 valence electrons. The van der Waals surface area contributed by atoms with Gasteiger partial charge in [-0.1, -0.05) is 0 Å². The van der Waals surface area contributed by atoms with Crippen molar-refractivity contribution < 1.29 is 13.2 Å². The Morgan fingerprint density at radius 2 is 1.91 bits per heavy atom.